The van der Waals surface area contributed by atoms with Crippen molar-refractivity contribution in [3.05, 3.63) is 40.9 Å². The number of aromatic nitrogens is 4. The molecule has 3 aromatic rings. The molecule has 6 nitrogen and oxygen atoms in total. The maximum atomic E-state index is 12.1. The highest BCUT2D eigenvalue weighted by atomic mass is 32.1. The lowest BCUT2D eigenvalue weighted by molar-refractivity contribution is -0.121. The standard InChI is InChI=1S/C21H27N5OS/c27-20(11-5-6-12-21-23-16-8-3-4-9-17(16)28-21)22-14-13-19-25-24-18-10-2-1-7-15-26(18)19/h3-4,8-9H,1-2,5-7,10-15H2,(H,22,27). The molecule has 0 atom stereocenters. The van der Waals surface area contributed by atoms with Gasteiger partial charge in [-0.3, -0.25) is 4.79 Å². The maximum Gasteiger partial charge on any atom is 0.220 e. The van der Waals surface area contributed by atoms with Crippen LogP contribution in [-0.4, -0.2) is 32.2 Å². The van der Waals surface area contributed by atoms with Crippen molar-refractivity contribution in [3.8, 4) is 0 Å². The van der Waals surface area contributed by atoms with E-state index >= 15 is 0 Å². The van der Waals surface area contributed by atoms with Crippen molar-refractivity contribution in [3.63, 3.8) is 0 Å². The quantitative estimate of drug-likeness (QED) is 0.589. The number of nitrogens with one attached hydrogen (secondary N) is 1. The Kier molecular flexibility index (Phi) is 6.31. The van der Waals surface area contributed by atoms with Gasteiger partial charge in [-0.15, -0.1) is 21.5 Å². The molecule has 1 aliphatic rings. The largest absolute Gasteiger partial charge is 0.356 e. The van der Waals surface area contributed by atoms with Crippen LogP contribution in [0, 0.1) is 0 Å². The minimum Gasteiger partial charge on any atom is -0.356 e. The van der Waals surface area contributed by atoms with Gasteiger partial charge in [-0.2, -0.15) is 0 Å². The van der Waals surface area contributed by atoms with Crippen molar-refractivity contribution in [1.29, 1.82) is 0 Å². The minimum absolute atomic E-state index is 0.125. The van der Waals surface area contributed by atoms with Crippen molar-refractivity contribution in [2.75, 3.05) is 6.54 Å². The minimum atomic E-state index is 0.125. The second-order valence-corrected chi connectivity index (χ2v) is 8.49. The van der Waals surface area contributed by atoms with Crippen molar-refractivity contribution in [2.24, 2.45) is 0 Å². The summed E-state index contributed by atoms with van der Waals surface area (Å²) < 4.78 is 3.48. The fourth-order valence-electron chi connectivity index (χ4n) is 3.72. The first kappa shape index (κ1) is 19.1. The summed E-state index contributed by atoms with van der Waals surface area (Å²) in [5.41, 5.74) is 1.08. The summed E-state index contributed by atoms with van der Waals surface area (Å²) in [5, 5.41) is 12.8. The van der Waals surface area contributed by atoms with E-state index in [1.807, 2.05) is 12.1 Å². The topological polar surface area (TPSA) is 72.7 Å². The SMILES string of the molecule is O=C(CCCCc1nc2ccccc2s1)NCCc1nnc2n1CCCCC2. The average Bonchev–Trinajstić information content (AvgIpc) is 3.21. The van der Waals surface area contributed by atoms with Crippen molar-refractivity contribution in [2.45, 2.75) is 64.3 Å². The average molecular weight is 398 g/mol. The Bertz CT molecular complexity index is 899. The van der Waals surface area contributed by atoms with Gasteiger partial charge in [0.1, 0.15) is 11.6 Å². The van der Waals surface area contributed by atoms with Crippen LogP contribution in [0.5, 0.6) is 0 Å². The van der Waals surface area contributed by atoms with Gasteiger partial charge in [0.2, 0.25) is 5.91 Å². The Morgan fingerprint density at radius 3 is 2.96 bits per heavy atom. The van der Waals surface area contributed by atoms with Gasteiger partial charge in [0.05, 0.1) is 15.2 Å². The molecule has 7 heteroatoms. The molecule has 2 aromatic heterocycles. The first-order chi connectivity index (χ1) is 13.8. The Labute approximate surface area is 169 Å². The molecular weight excluding hydrogens is 370 g/mol. The first-order valence-electron chi connectivity index (χ1n) is 10.3. The molecule has 1 amide bonds. The van der Waals surface area contributed by atoms with Crippen LogP contribution in [0.15, 0.2) is 24.3 Å². The van der Waals surface area contributed by atoms with Crippen LogP contribution in [0.1, 0.15) is 55.2 Å². The zero-order chi connectivity index (χ0) is 19.2. The van der Waals surface area contributed by atoms with Gasteiger partial charge in [0.15, 0.2) is 0 Å². The molecule has 0 saturated heterocycles. The third-order valence-corrected chi connectivity index (χ3v) is 6.34. The third kappa shape index (κ3) is 4.76. The number of carbonyl (C=O) groups excluding carboxylic acids is 1. The number of benzene rings is 1. The number of rotatable bonds is 8. The van der Waals surface area contributed by atoms with E-state index in [1.165, 1.54) is 24.0 Å². The fraction of sp³-hybridized carbons (Fsp3) is 0.524. The molecule has 3 heterocycles. The van der Waals surface area contributed by atoms with E-state index in [-0.39, 0.29) is 5.91 Å². The third-order valence-electron chi connectivity index (χ3n) is 5.24. The van der Waals surface area contributed by atoms with E-state index in [0.29, 0.717) is 13.0 Å². The van der Waals surface area contributed by atoms with E-state index < -0.39 is 0 Å². The number of carbonyl (C=O) groups is 1. The summed E-state index contributed by atoms with van der Waals surface area (Å²) in [6, 6.07) is 8.23. The number of hydrogen-bond donors (Lipinski definition) is 1. The van der Waals surface area contributed by atoms with Crippen LogP contribution in [0.4, 0.5) is 0 Å². The van der Waals surface area contributed by atoms with Crippen LogP contribution in [0.2, 0.25) is 0 Å². The van der Waals surface area contributed by atoms with Crippen LogP contribution < -0.4 is 5.32 Å². The van der Waals surface area contributed by atoms with E-state index in [2.05, 4.69) is 37.2 Å². The zero-order valence-electron chi connectivity index (χ0n) is 16.2. The molecule has 0 fully saturated rings. The second kappa shape index (κ2) is 9.28. The lowest BCUT2D eigenvalue weighted by Gasteiger charge is -2.08. The molecule has 0 radical (unpaired) electrons. The van der Waals surface area contributed by atoms with Gasteiger partial charge in [0, 0.05) is 32.4 Å². The van der Waals surface area contributed by atoms with Gasteiger partial charge in [-0.1, -0.05) is 18.6 Å². The molecule has 1 aromatic carbocycles. The predicted octanol–water partition coefficient (Wildman–Crippen LogP) is 3.69. The molecule has 0 spiro atoms. The Balaban J connectivity index is 1.15. The number of unbranched alkanes of at least 4 members (excludes halogenated alkanes) is 1. The van der Waals surface area contributed by atoms with E-state index in [0.717, 1.165) is 60.8 Å². The number of aryl methyl sites for hydroxylation is 2. The van der Waals surface area contributed by atoms with Gasteiger partial charge >= 0.3 is 0 Å². The zero-order valence-corrected chi connectivity index (χ0v) is 17.0. The summed E-state index contributed by atoms with van der Waals surface area (Å²) in [7, 11) is 0. The van der Waals surface area contributed by atoms with Crippen LogP contribution >= 0.6 is 11.3 Å². The first-order valence-corrected chi connectivity index (χ1v) is 11.1. The smallest absolute Gasteiger partial charge is 0.220 e. The molecule has 148 valence electrons. The summed E-state index contributed by atoms with van der Waals surface area (Å²) in [6.45, 7) is 1.65. The number of nitrogens with zero attached hydrogens (tertiary/aromatic N) is 4. The summed E-state index contributed by atoms with van der Waals surface area (Å²) in [4.78, 5) is 16.8. The molecule has 4 rings (SSSR count). The Hall–Kier alpha value is -2.28. The van der Waals surface area contributed by atoms with E-state index in [1.54, 1.807) is 11.3 Å². The van der Waals surface area contributed by atoms with Gasteiger partial charge < -0.3 is 9.88 Å². The molecular formula is C21H27N5OS. The van der Waals surface area contributed by atoms with E-state index in [4.69, 9.17) is 0 Å². The normalized spacial score (nSPS) is 14.0. The second-order valence-electron chi connectivity index (χ2n) is 7.38. The Morgan fingerprint density at radius 1 is 1.11 bits per heavy atom. The van der Waals surface area contributed by atoms with Gasteiger partial charge in [0.25, 0.3) is 0 Å². The predicted molar refractivity (Wildman–Crippen MR) is 111 cm³/mol. The molecule has 1 N–H and O–H groups in total. The summed E-state index contributed by atoms with van der Waals surface area (Å²) in [5.74, 6) is 2.24. The van der Waals surface area contributed by atoms with Crippen LogP contribution in [0.25, 0.3) is 10.2 Å². The summed E-state index contributed by atoms with van der Waals surface area (Å²) in [6.07, 6.45) is 8.83. The van der Waals surface area contributed by atoms with Gasteiger partial charge in [-0.25, -0.2) is 4.98 Å². The molecule has 0 bridgehead atoms. The van der Waals surface area contributed by atoms with E-state index in [9.17, 15) is 4.79 Å². The fourth-order valence-corrected chi connectivity index (χ4v) is 4.73. The van der Waals surface area contributed by atoms with Crippen LogP contribution in [0.3, 0.4) is 0 Å². The number of para-hydroxylation sites is 1. The number of fused-ring (bicyclic) bond motifs is 2. The van der Waals surface area contributed by atoms with Crippen LogP contribution in [-0.2, 0) is 30.6 Å². The molecule has 1 aliphatic heterocycles. The number of hydrogen-bond acceptors (Lipinski definition) is 5. The maximum absolute atomic E-state index is 12.1. The number of amides is 1. The lowest BCUT2D eigenvalue weighted by Crippen LogP contribution is -2.26. The highest BCUT2D eigenvalue weighted by Crippen LogP contribution is 2.22. The summed E-state index contributed by atoms with van der Waals surface area (Å²) >= 11 is 1.75. The molecule has 0 aliphatic carbocycles. The highest BCUT2D eigenvalue weighted by Gasteiger charge is 2.14. The molecule has 0 saturated carbocycles. The highest BCUT2D eigenvalue weighted by molar-refractivity contribution is 7.18. The lowest BCUT2D eigenvalue weighted by atomic mass is 10.2. The van der Waals surface area contributed by atoms with Crippen molar-refractivity contribution < 1.29 is 4.79 Å². The molecule has 0 unspecified atom stereocenters. The monoisotopic (exact) mass is 397 g/mol. The number of thiazole rings is 1. The van der Waals surface area contributed by atoms with Crippen molar-refractivity contribution >= 4 is 27.5 Å². The molecule has 28 heavy (non-hydrogen) atoms. The van der Waals surface area contributed by atoms with Gasteiger partial charge in [-0.05, 0) is 44.2 Å². The van der Waals surface area contributed by atoms with Crippen molar-refractivity contribution in [1.82, 2.24) is 25.1 Å². The Morgan fingerprint density at radius 2 is 2.04 bits per heavy atom.